The maximum Gasteiger partial charge on any atom is 0.178 e. The van der Waals surface area contributed by atoms with E-state index in [2.05, 4.69) is 39.7 Å². The van der Waals surface area contributed by atoms with Gasteiger partial charge in [-0.05, 0) is 24.3 Å². The van der Waals surface area contributed by atoms with Crippen LogP contribution in [0.15, 0.2) is 49.6 Å². The predicted molar refractivity (Wildman–Crippen MR) is 93.0 cm³/mol. The van der Waals surface area contributed by atoms with Crippen molar-refractivity contribution in [3.05, 3.63) is 49.6 Å². The topological polar surface area (TPSA) is 35.5 Å². The Morgan fingerprint density at radius 2 is 1.78 bits per heavy atom. The fraction of sp³-hybridized carbons (Fsp3) is 0.550. The fourth-order valence-electron chi connectivity index (χ4n) is 3.94. The Labute approximate surface area is 139 Å². The second-order valence-electron chi connectivity index (χ2n) is 7.11. The molecule has 23 heavy (non-hydrogen) atoms. The molecule has 0 amide bonds. The van der Waals surface area contributed by atoms with Crippen LogP contribution in [-0.2, 0) is 14.3 Å². The minimum Gasteiger partial charge on any atom is -0.347 e. The van der Waals surface area contributed by atoms with Gasteiger partial charge in [0.15, 0.2) is 11.6 Å². The fourth-order valence-corrected chi connectivity index (χ4v) is 3.94. The Kier molecular flexibility index (Phi) is 5.12. The summed E-state index contributed by atoms with van der Waals surface area (Å²) < 4.78 is 12.2. The second kappa shape index (κ2) is 6.58. The molecule has 126 valence electrons. The molecule has 0 unspecified atom stereocenters. The highest BCUT2D eigenvalue weighted by Crippen LogP contribution is 2.57. The summed E-state index contributed by atoms with van der Waals surface area (Å²) in [5, 5.41) is 0. The molecule has 1 fully saturated rings. The molecule has 0 aromatic rings. The van der Waals surface area contributed by atoms with Gasteiger partial charge in [0.25, 0.3) is 0 Å². The number of carbonyl (C=O) groups is 1. The summed E-state index contributed by atoms with van der Waals surface area (Å²) in [6, 6.07) is 0. The van der Waals surface area contributed by atoms with Gasteiger partial charge in [-0.1, -0.05) is 44.2 Å². The summed E-state index contributed by atoms with van der Waals surface area (Å²) in [6.07, 6.45) is 10.0. The average molecular weight is 316 g/mol. The van der Waals surface area contributed by atoms with Gasteiger partial charge in [-0.25, -0.2) is 0 Å². The van der Waals surface area contributed by atoms with Crippen molar-refractivity contribution >= 4 is 5.78 Å². The van der Waals surface area contributed by atoms with Crippen LogP contribution in [0.1, 0.15) is 39.5 Å². The number of ketones is 1. The van der Waals surface area contributed by atoms with Crippen molar-refractivity contribution in [1.29, 1.82) is 0 Å². The van der Waals surface area contributed by atoms with E-state index < -0.39 is 5.79 Å². The summed E-state index contributed by atoms with van der Waals surface area (Å²) >= 11 is 0. The zero-order chi connectivity index (χ0) is 17.1. The van der Waals surface area contributed by atoms with Crippen LogP contribution in [0.4, 0.5) is 0 Å². The molecule has 0 saturated carbocycles. The van der Waals surface area contributed by atoms with Crippen LogP contribution in [0.3, 0.4) is 0 Å². The van der Waals surface area contributed by atoms with Crippen LogP contribution in [0.25, 0.3) is 0 Å². The lowest BCUT2D eigenvalue weighted by atomic mass is 9.59. The first-order valence-corrected chi connectivity index (χ1v) is 8.22. The number of hydrogen-bond donors (Lipinski definition) is 0. The van der Waals surface area contributed by atoms with E-state index in [9.17, 15) is 4.79 Å². The van der Waals surface area contributed by atoms with Gasteiger partial charge in [0.2, 0.25) is 0 Å². The zero-order valence-corrected chi connectivity index (χ0v) is 14.4. The van der Waals surface area contributed by atoms with Gasteiger partial charge >= 0.3 is 0 Å². The van der Waals surface area contributed by atoms with Gasteiger partial charge in [0.1, 0.15) is 0 Å². The molecule has 1 aliphatic heterocycles. The van der Waals surface area contributed by atoms with Crippen molar-refractivity contribution in [2.45, 2.75) is 45.3 Å². The number of rotatable bonds is 7. The van der Waals surface area contributed by atoms with Gasteiger partial charge < -0.3 is 9.47 Å². The van der Waals surface area contributed by atoms with Gasteiger partial charge in [-0.2, -0.15) is 0 Å². The second-order valence-corrected chi connectivity index (χ2v) is 7.11. The molecule has 2 aliphatic rings. The van der Waals surface area contributed by atoms with E-state index in [-0.39, 0.29) is 16.6 Å². The maximum atomic E-state index is 12.0. The highest BCUT2D eigenvalue weighted by molar-refractivity contribution is 5.91. The Bertz CT molecular complexity index is 539. The minimum atomic E-state index is -0.653. The summed E-state index contributed by atoms with van der Waals surface area (Å²) in [7, 11) is 0. The minimum absolute atomic E-state index is 0.0386. The van der Waals surface area contributed by atoms with E-state index in [4.69, 9.17) is 9.47 Å². The maximum absolute atomic E-state index is 12.0. The van der Waals surface area contributed by atoms with Crippen molar-refractivity contribution in [1.82, 2.24) is 0 Å². The first-order valence-electron chi connectivity index (χ1n) is 8.22. The third-order valence-electron chi connectivity index (χ3n) is 5.27. The van der Waals surface area contributed by atoms with Crippen molar-refractivity contribution in [2.75, 3.05) is 13.2 Å². The standard InChI is InChI=1S/C20H28O3/c1-6-9-18(4)15-20(22-11-12-23-20)19(5,10-7-2)14-16(18)13-17(21)8-3/h6-8,14H,1-3,9-13,15H2,4-5H3/t18-,19-/m1/s1. The Hall–Kier alpha value is -1.45. The molecule has 3 heteroatoms. The smallest absolute Gasteiger partial charge is 0.178 e. The van der Waals surface area contributed by atoms with E-state index in [1.54, 1.807) is 0 Å². The lowest BCUT2D eigenvalue weighted by molar-refractivity contribution is -0.239. The molecule has 2 rings (SSSR count). The number of hydrogen-bond acceptors (Lipinski definition) is 3. The summed E-state index contributed by atoms with van der Waals surface area (Å²) in [5.41, 5.74) is 0.588. The van der Waals surface area contributed by atoms with Gasteiger partial charge in [0, 0.05) is 18.3 Å². The van der Waals surface area contributed by atoms with E-state index in [0.29, 0.717) is 26.1 Å². The molecule has 1 heterocycles. The molecule has 0 radical (unpaired) electrons. The number of carbonyl (C=O) groups excluding carboxylic acids is 1. The quantitative estimate of drug-likeness (QED) is 0.517. The summed E-state index contributed by atoms with van der Waals surface area (Å²) in [5.74, 6) is -0.614. The molecule has 3 nitrogen and oxygen atoms in total. The van der Waals surface area contributed by atoms with Gasteiger partial charge in [-0.15, -0.1) is 13.2 Å². The molecule has 1 aliphatic carbocycles. The molecule has 0 aromatic carbocycles. The van der Waals surface area contributed by atoms with Crippen LogP contribution < -0.4 is 0 Å². The lowest BCUT2D eigenvalue weighted by Gasteiger charge is -2.52. The van der Waals surface area contributed by atoms with E-state index >= 15 is 0 Å². The van der Waals surface area contributed by atoms with Crippen LogP contribution >= 0.6 is 0 Å². The zero-order valence-electron chi connectivity index (χ0n) is 14.4. The molecular weight excluding hydrogens is 288 g/mol. The normalized spacial score (nSPS) is 32.3. The Balaban J connectivity index is 2.52. The molecule has 0 aromatic heterocycles. The van der Waals surface area contributed by atoms with Crippen LogP contribution in [0.5, 0.6) is 0 Å². The molecule has 1 saturated heterocycles. The van der Waals surface area contributed by atoms with E-state index in [0.717, 1.165) is 18.4 Å². The number of ether oxygens (including phenoxy) is 2. The van der Waals surface area contributed by atoms with Crippen molar-refractivity contribution in [3.8, 4) is 0 Å². The van der Waals surface area contributed by atoms with Crippen LogP contribution in [0.2, 0.25) is 0 Å². The lowest BCUT2D eigenvalue weighted by Crippen LogP contribution is -2.53. The molecule has 1 spiro atoms. The first kappa shape index (κ1) is 17.9. The van der Waals surface area contributed by atoms with Crippen molar-refractivity contribution in [3.63, 3.8) is 0 Å². The van der Waals surface area contributed by atoms with Crippen molar-refractivity contribution in [2.24, 2.45) is 10.8 Å². The first-order chi connectivity index (χ1) is 10.8. The predicted octanol–water partition coefficient (Wildman–Crippen LogP) is 4.37. The third kappa shape index (κ3) is 3.13. The molecule has 0 bridgehead atoms. The van der Waals surface area contributed by atoms with E-state index in [1.165, 1.54) is 6.08 Å². The Morgan fingerprint density at radius 3 is 2.30 bits per heavy atom. The van der Waals surface area contributed by atoms with E-state index in [1.807, 2.05) is 12.2 Å². The van der Waals surface area contributed by atoms with Crippen molar-refractivity contribution < 1.29 is 14.3 Å². The monoisotopic (exact) mass is 316 g/mol. The molecule has 0 N–H and O–H groups in total. The highest BCUT2D eigenvalue weighted by atomic mass is 16.7. The Morgan fingerprint density at radius 1 is 1.17 bits per heavy atom. The van der Waals surface area contributed by atoms with Crippen LogP contribution in [0, 0.1) is 10.8 Å². The molecular formula is C20H28O3. The van der Waals surface area contributed by atoms with Crippen LogP contribution in [-0.4, -0.2) is 24.8 Å². The number of allylic oxidation sites excluding steroid dienone is 4. The summed E-state index contributed by atoms with van der Waals surface area (Å²) in [6.45, 7) is 16.9. The molecule has 2 atom stereocenters. The summed E-state index contributed by atoms with van der Waals surface area (Å²) in [4.78, 5) is 12.0. The van der Waals surface area contributed by atoms with Gasteiger partial charge in [-0.3, -0.25) is 4.79 Å². The highest BCUT2D eigenvalue weighted by Gasteiger charge is 2.58. The average Bonchev–Trinajstić information content (AvgIpc) is 2.95. The third-order valence-corrected chi connectivity index (χ3v) is 5.27. The van der Waals surface area contributed by atoms with Gasteiger partial charge in [0.05, 0.1) is 13.2 Å². The largest absolute Gasteiger partial charge is 0.347 e. The SMILES string of the molecule is C=CC[C@]1(C)CC2(OCCO2)[C@](C)(CC=C)C=C1CC(=O)C=C.